The molecule has 1 aromatic carbocycles. The number of ether oxygens (including phenoxy) is 1. The van der Waals surface area contributed by atoms with Gasteiger partial charge in [-0.3, -0.25) is 4.52 Å². The molecular formula is C19H24ClN2O4P. The van der Waals surface area contributed by atoms with Gasteiger partial charge in [0.25, 0.3) is 0 Å². The van der Waals surface area contributed by atoms with E-state index in [4.69, 9.17) is 20.9 Å². The fourth-order valence-electron chi connectivity index (χ4n) is 2.22. The number of halogens is 1. The molecule has 0 aliphatic heterocycles. The van der Waals surface area contributed by atoms with E-state index in [1.807, 2.05) is 34.6 Å². The zero-order valence-electron chi connectivity index (χ0n) is 16.1. The lowest BCUT2D eigenvalue weighted by atomic mass is 9.98. The molecule has 6 nitrogen and oxygen atoms in total. The molecule has 0 saturated carbocycles. The van der Waals surface area contributed by atoms with Gasteiger partial charge in [-0.05, 0) is 35.6 Å². The highest BCUT2D eigenvalue weighted by atomic mass is 35.5. The molecule has 1 heterocycles. The fraction of sp³-hybridized carbons (Fsp3) is 0.474. The molecular weight excluding hydrogens is 387 g/mol. The first-order chi connectivity index (χ1) is 12.6. The standard InChI is InChI=1S/C19H24ClN2O4P/c1-12(2)17(18(23)25-11-19(3,4)5)22-27(24)26-15-8-6-7-14-13(15)9-10-16(20)21-14/h6-10,12,17H,11H2,1-5H3/t17-/m0/s1. The highest BCUT2D eigenvalue weighted by Gasteiger charge is 2.29. The Hall–Kier alpha value is -1.75. The van der Waals surface area contributed by atoms with Crippen LogP contribution in [0.15, 0.2) is 35.1 Å². The van der Waals surface area contributed by atoms with Crippen molar-refractivity contribution in [2.45, 2.75) is 40.7 Å². The van der Waals surface area contributed by atoms with E-state index in [1.54, 1.807) is 30.3 Å². The molecule has 0 bridgehead atoms. The number of carbonyl (C=O) groups excluding carboxylic acids is 1. The third kappa shape index (κ3) is 6.42. The summed E-state index contributed by atoms with van der Waals surface area (Å²) >= 11 is 5.90. The van der Waals surface area contributed by atoms with Crippen LogP contribution in [0.5, 0.6) is 5.75 Å². The van der Waals surface area contributed by atoms with Gasteiger partial charge < -0.3 is 9.63 Å². The van der Waals surface area contributed by atoms with Crippen LogP contribution in [0.4, 0.5) is 0 Å². The maximum absolute atomic E-state index is 12.4. The van der Waals surface area contributed by atoms with Gasteiger partial charge in [-0.25, -0.2) is 9.78 Å². The molecule has 1 aromatic heterocycles. The monoisotopic (exact) mass is 410 g/mol. The largest absolute Gasteiger partial charge is 0.575 e. The van der Waals surface area contributed by atoms with Gasteiger partial charge in [-0.2, -0.15) is 0 Å². The summed E-state index contributed by atoms with van der Waals surface area (Å²) < 4.78 is 14.9. The van der Waals surface area contributed by atoms with Crippen molar-refractivity contribution in [2.75, 3.05) is 6.61 Å². The lowest BCUT2D eigenvalue weighted by molar-refractivity contribution is -0.170. The molecule has 0 radical (unpaired) electrons. The zero-order chi connectivity index (χ0) is 20.2. The molecule has 1 unspecified atom stereocenters. The SMILES string of the molecule is CC(C)[C@H](N=[P+]([O-])Oc1cccc2nc(Cl)ccc12)C(=O)OCC(C)(C)C. The van der Waals surface area contributed by atoms with Gasteiger partial charge in [0, 0.05) is 5.39 Å². The number of carbonyl (C=O) groups is 1. The van der Waals surface area contributed by atoms with Crippen molar-refractivity contribution in [3.8, 4) is 5.75 Å². The van der Waals surface area contributed by atoms with Crippen LogP contribution >= 0.6 is 19.8 Å². The Bertz CT molecular complexity index is 849. The topological polar surface area (TPSA) is 83.8 Å². The van der Waals surface area contributed by atoms with Gasteiger partial charge in [0.1, 0.15) is 5.15 Å². The average molecular weight is 411 g/mol. The maximum Gasteiger partial charge on any atom is 0.395 e. The van der Waals surface area contributed by atoms with Crippen molar-refractivity contribution in [3.05, 3.63) is 35.5 Å². The van der Waals surface area contributed by atoms with Crippen LogP contribution < -0.4 is 9.42 Å². The molecule has 0 aliphatic carbocycles. The number of aromatic nitrogens is 1. The Balaban J connectivity index is 2.20. The summed E-state index contributed by atoms with van der Waals surface area (Å²) in [6.45, 7) is 9.79. The summed E-state index contributed by atoms with van der Waals surface area (Å²) in [7, 11) is -2.47. The number of fused-ring (bicyclic) bond motifs is 1. The Kier molecular flexibility index (Phi) is 7.15. The summed E-state index contributed by atoms with van der Waals surface area (Å²) in [6, 6.07) is 7.67. The van der Waals surface area contributed by atoms with Crippen molar-refractivity contribution in [3.63, 3.8) is 0 Å². The van der Waals surface area contributed by atoms with Gasteiger partial charge in [0.15, 0.2) is 11.8 Å². The van der Waals surface area contributed by atoms with Crippen molar-refractivity contribution in [2.24, 2.45) is 16.1 Å². The molecule has 2 aromatic rings. The molecule has 0 saturated heterocycles. The normalized spacial score (nSPS) is 13.7. The van der Waals surface area contributed by atoms with Crippen LogP contribution in [-0.2, 0) is 9.53 Å². The second-order valence-corrected chi connectivity index (χ2v) is 9.04. The first kappa shape index (κ1) is 21.5. The van der Waals surface area contributed by atoms with E-state index in [1.165, 1.54) is 0 Å². The third-order valence-electron chi connectivity index (χ3n) is 3.57. The van der Waals surface area contributed by atoms with Gasteiger partial charge in [0.2, 0.25) is 0 Å². The first-order valence-corrected chi connectivity index (χ1v) is 10.2. The predicted octanol–water partition coefficient (Wildman–Crippen LogP) is 4.74. The molecule has 0 fully saturated rings. The summed E-state index contributed by atoms with van der Waals surface area (Å²) in [5.74, 6) is -0.307. The zero-order valence-corrected chi connectivity index (χ0v) is 17.8. The summed E-state index contributed by atoms with van der Waals surface area (Å²) in [6.07, 6.45) is 0. The Labute approximate surface area is 165 Å². The molecule has 2 rings (SSSR count). The Morgan fingerprint density at radius 3 is 2.63 bits per heavy atom. The highest BCUT2D eigenvalue weighted by molar-refractivity contribution is 7.34. The van der Waals surface area contributed by atoms with E-state index in [9.17, 15) is 9.69 Å². The Morgan fingerprint density at radius 1 is 1.30 bits per heavy atom. The minimum atomic E-state index is -2.47. The van der Waals surface area contributed by atoms with Crippen LogP contribution in [0.3, 0.4) is 0 Å². The number of esters is 1. The average Bonchev–Trinajstić information content (AvgIpc) is 2.56. The van der Waals surface area contributed by atoms with E-state index in [0.717, 1.165) is 0 Å². The van der Waals surface area contributed by atoms with Gasteiger partial charge in [-0.1, -0.05) is 57.0 Å². The van der Waals surface area contributed by atoms with E-state index >= 15 is 0 Å². The van der Waals surface area contributed by atoms with Crippen LogP contribution in [0, 0.1) is 11.3 Å². The summed E-state index contributed by atoms with van der Waals surface area (Å²) in [5, 5.41) is 1.02. The van der Waals surface area contributed by atoms with E-state index in [0.29, 0.717) is 21.8 Å². The van der Waals surface area contributed by atoms with Crippen molar-refractivity contribution in [1.29, 1.82) is 0 Å². The number of pyridine rings is 1. The van der Waals surface area contributed by atoms with Gasteiger partial charge in [0.05, 0.1) is 12.1 Å². The maximum atomic E-state index is 12.4. The number of rotatable bonds is 6. The Morgan fingerprint density at radius 2 is 2.00 bits per heavy atom. The summed E-state index contributed by atoms with van der Waals surface area (Å²) in [4.78, 5) is 29.0. The lowest BCUT2D eigenvalue weighted by Gasteiger charge is -2.20. The second kappa shape index (κ2) is 8.96. The molecule has 2 atom stereocenters. The van der Waals surface area contributed by atoms with Crippen molar-refractivity contribution < 1.29 is 18.9 Å². The molecule has 0 N–H and O–H groups in total. The fourth-order valence-corrected chi connectivity index (χ4v) is 3.31. The van der Waals surface area contributed by atoms with Crippen molar-refractivity contribution in [1.82, 2.24) is 4.98 Å². The summed E-state index contributed by atoms with van der Waals surface area (Å²) in [5.41, 5.74) is 0.459. The molecule has 27 heavy (non-hydrogen) atoms. The molecule has 0 amide bonds. The second-order valence-electron chi connectivity index (χ2n) is 7.76. The van der Waals surface area contributed by atoms with Crippen LogP contribution in [0.2, 0.25) is 5.15 Å². The van der Waals surface area contributed by atoms with Crippen LogP contribution in [0.25, 0.3) is 10.9 Å². The molecule has 8 heteroatoms. The first-order valence-electron chi connectivity index (χ1n) is 8.65. The lowest BCUT2D eigenvalue weighted by Crippen LogP contribution is -2.30. The quantitative estimate of drug-likeness (QED) is 0.390. The minimum absolute atomic E-state index is 0.160. The van der Waals surface area contributed by atoms with E-state index in [2.05, 4.69) is 9.73 Å². The minimum Gasteiger partial charge on any atom is -0.575 e. The number of benzene rings is 1. The van der Waals surface area contributed by atoms with Crippen LogP contribution in [0.1, 0.15) is 34.6 Å². The molecule has 146 valence electrons. The van der Waals surface area contributed by atoms with E-state index < -0.39 is 20.2 Å². The van der Waals surface area contributed by atoms with Crippen molar-refractivity contribution >= 4 is 36.6 Å². The van der Waals surface area contributed by atoms with Gasteiger partial charge >= 0.3 is 14.1 Å². The van der Waals surface area contributed by atoms with E-state index in [-0.39, 0.29) is 17.9 Å². The predicted molar refractivity (Wildman–Crippen MR) is 106 cm³/mol. The number of hydrogen-bond donors (Lipinski definition) is 0. The number of nitrogens with zero attached hydrogens (tertiary/aromatic N) is 2. The van der Waals surface area contributed by atoms with Gasteiger partial charge in [-0.15, -0.1) is 0 Å². The number of hydrogen-bond acceptors (Lipinski definition) is 6. The smallest absolute Gasteiger partial charge is 0.395 e. The third-order valence-corrected chi connectivity index (χ3v) is 4.57. The molecule has 0 spiro atoms. The highest BCUT2D eigenvalue weighted by Crippen LogP contribution is 2.32. The molecule has 0 aliphatic rings. The van der Waals surface area contributed by atoms with Crippen LogP contribution in [-0.4, -0.2) is 23.6 Å².